The fourth-order valence-electron chi connectivity index (χ4n) is 2.18. The highest BCUT2D eigenvalue weighted by Crippen LogP contribution is 2.40. The number of benzene rings is 1. The zero-order valence-electron chi connectivity index (χ0n) is 10.9. The molecule has 1 fully saturated rings. The van der Waals surface area contributed by atoms with Crippen molar-refractivity contribution in [3.05, 3.63) is 24.0 Å². The van der Waals surface area contributed by atoms with Gasteiger partial charge in [0.1, 0.15) is 10.8 Å². The lowest BCUT2D eigenvalue weighted by molar-refractivity contribution is 0.415. The van der Waals surface area contributed by atoms with Crippen LogP contribution in [-0.2, 0) is 0 Å². The number of nitrogen functional groups attached to an aromatic ring is 1. The van der Waals surface area contributed by atoms with Gasteiger partial charge in [0.2, 0.25) is 4.96 Å². The number of fused-ring (bicyclic) bond motifs is 1. The number of rotatable bonds is 3. The monoisotopic (exact) mass is 287 g/mol. The fraction of sp³-hybridized carbons (Fsp3) is 0.308. The summed E-state index contributed by atoms with van der Waals surface area (Å²) in [6.45, 7) is 0. The molecule has 2 N–H and O–H groups in total. The normalized spacial score (nSPS) is 14.8. The standard InChI is InChI=1S/C13H13N5OS/c1-19-8-4-5-10(14)9(6-8)12-17-18-11(7-2-3-7)15-16-13(18)20-12/h4-7H,2-3,14H2,1H3. The first-order valence-corrected chi connectivity index (χ1v) is 7.24. The maximum absolute atomic E-state index is 6.04. The first kappa shape index (κ1) is 11.7. The van der Waals surface area contributed by atoms with Gasteiger partial charge in [-0.15, -0.1) is 10.2 Å². The number of nitrogens with two attached hydrogens (primary N) is 1. The Labute approximate surface area is 119 Å². The van der Waals surface area contributed by atoms with E-state index in [0.29, 0.717) is 11.6 Å². The number of nitrogens with zero attached hydrogens (tertiary/aromatic N) is 4. The zero-order chi connectivity index (χ0) is 13.7. The topological polar surface area (TPSA) is 78.3 Å². The molecule has 1 aromatic carbocycles. The highest BCUT2D eigenvalue weighted by Gasteiger charge is 2.30. The van der Waals surface area contributed by atoms with Crippen molar-refractivity contribution in [2.75, 3.05) is 12.8 Å². The smallest absolute Gasteiger partial charge is 0.234 e. The maximum Gasteiger partial charge on any atom is 0.234 e. The molecular formula is C13H13N5OS. The van der Waals surface area contributed by atoms with Gasteiger partial charge >= 0.3 is 0 Å². The summed E-state index contributed by atoms with van der Waals surface area (Å²) >= 11 is 1.49. The average Bonchev–Trinajstić information content (AvgIpc) is 3.09. The summed E-state index contributed by atoms with van der Waals surface area (Å²) in [6, 6.07) is 5.57. The third-order valence-electron chi connectivity index (χ3n) is 3.45. The van der Waals surface area contributed by atoms with Gasteiger partial charge in [0.05, 0.1) is 7.11 Å². The first-order chi connectivity index (χ1) is 9.76. The molecule has 1 aliphatic rings. The molecule has 0 atom stereocenters. The average molecular weight is 287 g/mol. The SMILES string of the molecule is COc1ccc(N)c(-c2nn3c(C4CC4)nnc3s2)c1. The second-order valence-electron chi connectivity index (χ2n) is 4.89. The Morgan fingerprint density at radius 1 is 1.35 bits per heavy atom. The van der Waals surface area contributed by atoms with Crippen LogP contribution in [0.3, 0.4) is 0 Å². The van der Waals surface area contributed by atoms with Crippen LogP contribution in [0.2, 0.25) is 0 Å². The Bertz CT molecular complexity index is 789. The van der Waals surface area contributed by atoms with E-state index in [-0.39, 0.29) is 0 Å². The molecule has 0 spiro atoms. The Hall–Kier alpha value is -2.15. The Morgan fingerprint density at radius 3 is 2.95 bits per heavy atom. The summed E-state index contributed by atoms with van der Waals surface area (Å²) in [5.74, 6) is 2.24. The summed E-state index contributed by atoms with van der Waals surface area (Å²) in [5.41, 5.74) is 7.60. The van der Waals surface area contributed by atoms with Crippen LogP contribution in [0.4, 0.5) is 5.69 Å². The highest BCUT2D eigenvalue weighted by molar-refractivity contribution is 7.19. The summed E-state index contributed by atoms with van der Waals surface area (Å²) in [4.78, 5) is 0.809. The minimum Gasteiger partial charge on any atom is -0.497 e. The number of methoxy groups -OCH3 is 1. The van der Waals surface area contributed by atoms with Crippen molar-refractivity contribution in [1.29, 1.82) is 0 Å². The Kier molecular flexibility index (Phi) is 2.43. The van der Waals surface area contributed by atoms with Crippen LogP contribution in [0.25, 0.3) is 15.5 Å². The van der Waals surface area contributed by atoms with Gasteiger partial charge in [-0.2, -0.15) is 9.61 Å². The van der Waals surface area contributed by atoms with Crippen LogP contribution in [-0.4, -0.2) is 26.9 Å². The van der Waals surface area contributed by atoms with E-state index in [0.717, 1.165) is 27.1 Å². The molecule has 0 amide bonds. The molecule has 2 aromatic heterocycles. The van der Waals surface area contributed by atoms with Gasteiger partial charge in [-0.05, 0) is 31.0 Å². The number of ether oxygens (including phenoxy) is 1. The van der Waals surface area contributed by atoms with Crippen LogP contribution >= 0.6 is 11.3 Å². The third-order valence-corrected chi connectivity index (χ3v) is 4.38. The van der Waals surface area contributed by atoms with Crippen LogP contribution in [0, 0.1) is 0 Å². The number of anilines is 1. The molecule has 0 bridgehead atoms. The van der Waals surface area contributed by atoms with Gasteiger partial charge in [0, 0.05) is 17.2 Å². The molecule has 6 nitrogen and oxygen atoms in total. The van der Waals surface area contributed by atoms with Crippen LogP contribution in [0.15, 0.2) is 18.2 Å². The molecule has 3 aromatic rings. The third kappa shape index (κ3) is 1.74. The number of hydrogen-bond acceptors (Lipinski definition) is 6. The number of aromatic nitrogens is 4. The van der Waals surface area contributed by atoms with Crippen molar-refractivity contribution in [1.82, 2.24) is 19.8 Å². The van der Waals surface area contributed by atoms with E-state index >= 15 is 0 Å². The Balaban J connectivity index is 1.85. The second kappa shape index (κ2) is 4.17. The molecule has 0 radical (unpaired) electrons. The van der Waals surface area contributed by atoms with Crippen molar-refractivity contribution in [2.45, 2.75) is 18.8 Å². The molecule has 0 saturated heterocycles. The molecule has 102 valence electrons. The van der Waals surface area contributed by atoms with Gasteiger partial charge in [-0.25, -0.2) is 0 Å². The van der Waals surface area contributed by atoms with Crippen LogP contribution < -0.4 is 10.5 Å². The van der Waals surface area contributed by atoms with Crippen molar-refractivity contribution < 1.29 is 4.74 Å². The quantitative estimate of drug-likeness (QED) is 0.748. The summed E-state index contributed by atoms with van der Waals surface area (Å²) in [5, 5.41) is 13.9. The lowest BCUT2D eigenvalue weighted by Gasteiger charge is -2.04. The minimum absolute atomic E-state index is 0.516. The van der Waals surface area contributed by atoms with Crippen LogP contribution in [0.1, 0.15) is 24.6 Å². The fourth-order valence-corrected chi connectivity index (χ4v) is 3.07. The molecule has 20 heavy (non-hydrogen) atoms. The van der Waals surface area contributed by atoms with Crippen molar-refractivity contribution >= 4 is 22.0 Å². The van der Waals surface area contributed by atoms with Gasteiger partial charge < -0.3 is 10.5 Å². The molecule has 7 heteroatoms. The molecule has 1 saturated carbocycles. The second-order valence-corrected chi connectivity index (χ2v) is 5.84. The predicted molar refractivity (Wildman–Crippen MR) is 77.0 cm³/mol. The van der Waals surface area contributed by atoms with Gasteiger partial charge in [-0.1, -0.05) is 11.3 Å². The van der Waals surface area contributed by atoms with Crippen LogP contribution in [0.5, 0.6) is 5.75 Å². The van der Waals surface area contributed by atoms with E-state index < -0.39 is 0 Å². The zero-order valence-corrected chi connectivity index (χ0v) is 11.7. The van der Waals surface area contributed by atoms with Gasteiger partial charge in [0.15, 0.2) is 5.82 Å². The van der Waals surface area contributed by atoms with Crippen molar-refractivity contribution in [3.8, 4) is 16.3 Å². The molecule has 1 aliphatic carbocycles. The Morgan fingerprint density at radius 2 is 2.20 bits per heavy atom. The number of hydrogen-bond donors (Lipinski definition) is 1. The van der Waals surface area contributed by atoms with E-state index in [9.17, 15) is 0 Å². The van der Waals surface area contributed by atoms with E-state index in [1.165, 1.54) is 24.2 Å². The van der Waals surface area contributed by atoms with E-state index in [4.69, 9.17) is 10.5 Å². The van der Waals surface area contributed by atoms with Gasteiger partial charge in [0.25, 0.3) is 0 Å². The molecule has 0 unspecified atom stereocenters. The molecule has 2 heterocycles. The van der Waals surface area contributed by atoms with E-state index in [1.54, 1.807) is 7.11 Å². The predicted octanol–water partition coefficient (Wildman–Crippen LogP) is 2.32. The molecule has 0 aliphatic heterocycles. The molecule has 4 rings (SSSR count). The lowest BCUT2D eigenvalue weighted by atomic mass is 10.2. The largest absolute Gasteiger partial charge is 0.497 e. The summed E-state index contributed by atoms with van der Waals surface area (Å²) in [6.07, 6.45) is 2.35. The van der Waals surface area contributed by atoms with Crippen molar-refractivity contribution in [3.63, 3.8) is 0 Å². The van der Waals surface area contributed by atoms with E-state index in [1.807, 2.05) is 22.7 Å². The minimum atomic E-state index is 0.516. The van der Waals surface area contributed by atoms with Crippen molar-refractivity contribution in [2.24, 2.45) is 0 Å². The first-order valence-electron chi connectivity index (χ1n) is 6.42. The maximum atomic E-state index is 6.04. The van der Waals surface area contributed by atoms with E-state index in [2.05, 4.69) is 15.3 Å². The summed E-state index contributed by atoms with van der Waals surface area (Å²) < 4.78 is 7.09. The molecular weight excluding hydrogens is 274 g/mol. The summed E-state index contributed by atoms with van der Waals surface area (Å²) in [7, 11) is 1.64. The lowest BCUT2D eigenvalue weighted by Crippen LogP contribution is -1.95. The van der Waals surface area contributed by atoms with Gasteiger partial charge in [-0.3, -0.25) is 0 Å². The highest BCUT2D eigenvalue weighted by atomic mass is 32.1.